The van der Waals surface area contributed by atoms with Crippen molar-refractivity contribution in [2.75, 3.05) is 19.8 Å². The second-order valence-corrected chi connectivity index (χ2v) is 4.49. The molecule has 1 aromatic rings. The lowest BCUT2D eigenvalue weighted by atomic mass is 10.2. The van der Waals surface area contributed by atoms with Crippen molar-refractivity contribution in [3.8, 4) is 0 Å². The molecule has 0 bridgehead atoms. The fourth-order valence-corrected chi connectivity index (χ4v) is 1.79. The molecule has 1 N–H and O–H groups in total. The highest BCUT2D eigenvalue weighted by Crippen LogP contribution is 2.19. The van der Waals surface area contributed by atoms with Crippen molar-refractivity contribution in [2.24, 2.45) is 0 Å². The van der Waals surface area contributed by atoms with Gasteiger partial charge >= 0.3 is 0 Å². The molecule has 0 fully saturated rings. The molecule has 0 aliphatic heterocycles. The molecule has 88 valence electrons. The normalized spacial score (nSPS) is 10.2. The Labute approximate surface area is 109 Å². The maximum atomic E-state index is 11.8. The Balaban J connectivity index is 2.55. The zero-order chi connectivity index (χ0) is 12.0. The minimum absolute atomic E-state index is 0.123. The molecule has 0 aliphatic rings. The smallest absolute Gasteiger partial charge is 0.252 e. The standard InChI is InChI=1S/C11H14BrNO2S/c1-2-15-6-5-13-11(14)9-7-8(16)3-4-10(9)12/h3-4,7,16H,2,5-6H2,1H3,(H,13,14). The molecule has 0 radical (unpaired) electrons. The van der Waals surface area contributed by atoms with Crippen LogP contribution in [0.2, 0.25) is 0 Å². The number of amides is 1. The summed E-state index contributed by atoms with van der Waals surface area (Å²) < 4.78 is 5.90. The number of rotatable bonds is 5. The second-order valence-electron chi connectivity index (χ2n) is 3.12. The maximum absolute atomic E-state index is 11.8. The van der Waals surface area contributed by atoms with E-state index in [0.29, 0.717) is 25.3 Å². The van der Waals surface area contributed by atoms with Crippen LogP contribution in [0, 0.1) is 0 Å². The van der Waals surface area contributed by atoms with Crippen molar-refractivity contribution in [3.63, 3.8) is 0 Å². The van der Waals surface area contributed by atoms with E-state index in [1.807, 2.05) is 13.0 Å². The molecule has 0 saturated heterocycles. The molecule has 0 unspecified atom stereocenters. The molecule has 0 aliphatic carbocycles. The van der Waals surface area contributed by atoms with Crippen molar-refractivity contribution in [1.82, 2.24) is 5.32 Å². The number of benzene rings is 1. The minimum Gasteiger partial charge on any atom is -0.380 e. The fraction of sp³-hybridized carbons (Fsp3) is 0.364. The third-order valence-corrected chi connectivity index (χ3v) is 2.90. The van der Waals surface area contributed by atoms with E-state index in [0.717, 1.165) is 9.37 Å². The van der Waals surface area contributed by atoms with Crippen LogP contribution in [0.1, 0.15) is 17.3 Å². The summed E-state index contributed by atoms with van der Waals surface area (Å²) in [7, 11) is 0. The maximum Gasteiger partial charge on any atom is 0.252 e. The number of nitrogens with one attached hydrogen (secondary N) is 1. The zero-order valence-corrected chi connectivity index (χ0v) is 11.5. The van der Waals surface area contributed by atoms with Crippen LogP contribution in [0.25, 0.3) is 0 Å². The van der Waals surface area contributed by atoms with Crippen molar-refractivity contribution in [3.05, 3.63) is 28.2 Å². The number of carbonyl (C=O) groups excluding carboxylic acids is 1. The van der Waals surface area contributed by atoms with Gasteiger partial charge in [-0.1, -0.05) is 0 Å². The van der Waals surface area contributed by atoms with Gasteiger partial charge in [0.05, 0.1) is 12.2 Å². The van der Waals surface area contributed by atoms with E-state index in [1.165, 1.54) is 0 Å². The molecule has 1 aromatic carbocycles. The van der Waals surface area contributed by atoms with Gasteiger partial charge in [0.1, 0.15) is 0 Å². The summed E-state index contributed by atoms with van der Waals surface area (Å²) in [5, 5.41) is 2.77. The Morgan fingerprint density at radius 3 is 3.00 bits per heavy atom. The highest BCUT2D eigenvalue weighted by atomic mass is 79.9. The summed E-state index contributed by atoms with van der Waals surface area (Å²) in [6, 6.07) is 5.35. The molecule has 0 atom stereocenters. The predicted octanol–water partition coefficient (Wildman–Crippen LogP) is 2.50. The lowest BCUT2D eigenvalue weighted by Crippen LogP contribution is -2.27. The van der Waals surface area contributed by atoms with Crippen molar-refractivity contribution in [2.45, 2.75) is 11.8 Å². The van der Waals surface area contributed by atoms with E-state index in [-0.39, 0.29) is 5.91 Å². The highest BCUT2D eigenvalue weighted by molar-refractivity contribution is 9.10. The summed E-state index contributed by atoms with van der Waals surface area (Å²) in [6.07, 6.45) is 0. The van der Waals surface area contributed by atoms with Crippen LogP contribution in [0.15, 0.2) is 27.6 Å². The van der Waals surface area contributed by atoms with Gasteiger partial charge in [-0.05, 0) is 41.1 Å². The first kappa shape index (κ1) is 13.5. The van der Waals surface area contributed by atoms with Gasteiger partial charge in [0, 0.05) is 22.5 Å². The molecule has 3 nitrogen and oxygen atoms in total. The Bertz CT molecular complexity index is 371. The van der Waals surface area contributed by atoms with Gasteiger partial charge in [0.2, 0.25) is 0 Å². The zero-order valence-electron chi connectivity index (χ0n) is 9.00. The molecule has 16 heavy (non-hydrogen) atoms. The van der Waals surface area contributed by atoms with Gasteiger partial charge in [0.25, 0.3) is 5.91 Å². The number of halogens is 1. The molecular weight excluding hydrogens is 290 g/mol. The van der Waals surface area contributed by atoms with Gasteiger partial charge in [-0.15, -0.1) is 12.6 Å². The number of thiol groups is 1. The Kier molecular flexibility index (Phi) is 5.87. The molecular formula is C11H14BrNO2S. The van der Waals surface area contributed by atoms with Crippen LogP contribution >= 0.6 is 28.6 Å². The van der Waals surface area contributed by atoms with Crippen LogP contribution < -0.4 is 5.32 Å². The van der Waals surface area contributed by atoms with E-state index >= 15 is 0 Å². The summed E-state index contributed by atoms with van der Waals surface area (Å²) in [4.78, 5) is 12.5. The molecule has 1 rings (SSSR count). The van der Waals surface area contributed by atoms with Crippen LogP contribution in [-0.2, 0) is 4.74 Å². The largest absolute Gasteiger partial charge is 0.380 e. The van der Waals surface area contributed by atoms with Crippen LogP contribution in [0.3, 0.4) is 0 Å². The van der Waals surface area contributed by atoms with E-state index in [9.17, 15) is 4.79 Å². The summed E-state index contributed by atoms with van der Waals surface area (Å²) in [6.45, 7) is 3.62. The molecule has 1 amide bonds. The van der Waals surface area contributed by atoms with Gasteiger partial charge < -0.3 is 10.1 Å². The molecule has 5 heteroatoms. The monoisotopic (exact) mass is 303 g/mol. The van der Waals surface area contributed by atoms with Crippen molar-refractivity contribution < 1.29 is 9.53 Å². The van der Waals surface area contributed by atoms with Crippen LogP contribution in [-0.4, -0.2) is 25.7 Å². The van der Waals surface area contributed by atoms with Crippen LogP contribution in [0.4, 0.5) is 0 Å². The van der Waals surface area contributed by atoms with E-state index in [4.69, 9.17) is 4.74 Å². The number of hydrogen-bond donors (Lipinski definition) is 2. The Hall–Kier alpha value is -0.520. The number of hydrogen-bond acceptors (Lipinski definition) is 3. The number of ether oxygens (including phenoxy) is 1. The lowest BCUT2D eigenvalue weighted by Gasteiger charge is -2.07. The lowest BCUT2D eigenvalue weighted by molar-refractivity contribution is 0.0921. The topological polar surface area (TPSA) is 38.3 Å². The second kappa shape index (κ2) is 6.93. The Morgan fingerprint density at radius 1 is 1.56 bits per heavy atom. The first-order valence-electron chi connectivity index (χ1n) is 4.99. The quantitative estimate of drug-likeness (QED) is 0.648. The van der Waals surface area contributed by atoms with Gasteiger partial charge in [-0.3, -0.25) is 4.79 Å². The summed E-state index contributed by atoms with van der Waals surface area (Å²) >= 11 is 7.52. The average Bonchev–Trinajstić information content (AvgIpc) is 2.27. The SMILES string of the molecule is CCOCCNC(=O)c1cc(S)ccc1Br. The molecule has 0 saturated carbocycles. The van der Waals surface area contributed by atoms with E-state index in [2.05, 4.69) is 33.9 Å². The minimum atomic E-state index is -0.123. The molecule has 0 heterocycles. The third kappa shape index (κ3) is 4.15. The van der Waals surface area contributed by atoms with E-state index in [1.54, 1.807) is 12.1 Å². The number of carbonyl (C=O) groups is 1. The highest BCUT2D eigenvalue weighted by Gasteiger charge is 2.09. The summed E-state index contributed by atoms with van der Waals surface area (Å²) in [5.41, 5.74) is 0.587. The van der Waals surface area contributed by atoms with Gasteiger partial charge in [-0.2, -0.15) is 0 Å². The first-order chi connectivity index (χ1) is 7.65. The van der Waals surface area contributed by atoms with Crippen LogP contribution in [0.5, 0.6) is 0 Å². The molecule has 0 aromatic heterocycles. The van der Waals surface area contributed by atoms with Crippen molar-refractivity contribution in [1.29, 1.82) is 0 Å². The average molecular weight is 304 g/mol. The predicted molar refractivity (Wildman–Crippen MR) is 70.2 cm³/mol. The van der Waals surface area contributed by atoms with E-state index < -0.39 is 0 Å². The molecule has 0 spiro atoms. The Morgan fingerprint density at radius 2 is 2.31 bits per heavy atom. The van der Waals surface area contributed by atoms with Gasteiger partial charge in [0.15, 0.2) is 0 Å². The fourth-order valence-electron chi connectivity index (χ4n) is 1.16. The van der Waals surface area contributed by atoms with Gasteiger partial charge in [-0.25, -0.2) is 0 Å². The van der Waals surface area contributed by atoms with Crippen molar-refractivity contribution >= 4 is 34.5 Å². The summed E-state index contributed by atoms with van der Waals surface area (Å²) in [5.74, 6) is -0.123. The third-order valence-electron chi connectivity index (χ3n) is 1.93. The first-order valence-corrected chi connectivity index (χ1v) is 6.23.